The molecule has 0 fully saturated rings. The van der Waals surface area contributed by atoms with Crippen molar-refractivity contribution in [1.29, 1.82) is 0 Å². The molecule has 0 aliphatic carbocycles. The molecule has 0 heterocycles. The number of carbonyl (C=O) groups is 1. The maximum Gasteiger partial charge on any atom is 0.416 e. The van der Waals surface area contributed by atoms with Crippen LogP contribution in [0.25, 0.3) is 0 Å². The Labute approximate surface area is 115 Å². The lowest BCUT2D eigenvalue weighted by atomic mass is 10.0. The number of benzene rings is 1. The first-order valence-electron chi connectivity index (χ1n) is 6.20. The minimum Gasteiger partial charge on any atom is -0.479 e. The Balaban J connectivity index is 2.81. The largest absolute Gasteiger partial charge is 0.479 e. The third-order valence-corrected chi connectivity index (χ3v) is 2.58. The van der Waals surface area contributed by atoms with E-state index in [1.807, 2.05) is 13.8 Å². The Morgan fingerprint density at radius 2 is 2.00 bits per heavy atom. The molecule has 1 N–H and O–H groups in total. The molecule has 112 valence electrons. The van der Waals surface area contributed by atoms with Crippen LogP contribution >= 0.6 is 0 Å². The summed E-state index contributed by atoms with van der Waals surface area (Å²) in [5, 5.41) is 9.03. The van der Waals surface area contributed by atoms with Crippen LogP contribution in [0.1, 0.15) is 25.0 Å². The van der Waals surface area contributed by atoms with Crippen molar-refractivity contribution in [3.8, 4) is 0 Å². The van der Waals surface area contributed by atoms with Crippen molar-refractivity contribution in [1.82, 2.24) is 0 Å². The first-order chi connectivity index (χ1) is 9.20. The SMILES string of the molecule is CC(C)CO[C@H](Cc1cccc(C(F)(F)F)c1)C(=O)O. The molecule has 1 aromatic rings. The summed E-state index contributed by atoms with van der Waals surface area (Å²) < 4.78 is 42.9. The van der Waals surface area contributed by atoms with Crippen LogP contribution in [0.4, 0.5) is 13.2 Å². The minimum atomic E-state index is -4.44. The van der Waals surface area contributed by atoms with Crippen molar-refractivity contribution in [3.63, 3.8) is 0 Å². The summed E-state index contributed by atoms with van der Waals surface area (Å²) in [4.78, 5) is 11.1. The molecular weight excluding hydrogens is 273 g/mol. The van der Waals surface area contributed by atoms with E-state index in [9.17, 15) is 18.0 Å². The summed E-state index contributed by atoms with van der Waals surface area (Å²) in [6.07, 6.45) is -5.67. The molecule has 3 nitrogen and oxygen atoms in total. The van der Waals surface area contributed by atoms with Crippen LogP contribution in [0.2, 0.25) is 0 Å². The smallest absolute Gasteiger partial charge is 0.416 e. The fraction of sp³-hybridized carbons (Fsp3) is 0.500. The summed E-state index contributed by atoms with van der Waals surface area (Å²) in [5.74, 6) is -1.03. The Bertz CT molecular complexity index is 455. The van der Waals surface area contributed by atoms with Gasteiger partial charge in [-0.3, -0.25) is 0 Å². The van der Waals surface area contributed by atoms with Crippen LogP contribution in [0.5, 0.6) is 0 Å². The maximum absolute atomic E-state index is 12.6. The van der Waals surface area contributed by atoms with Gasteiger partial charge in [0.25, 0.3) is 0 Å². The van der Waals surface area contributed by atoms with E-state index in [4.69, 9.17) is 9.84 Å². The summed E-state index contributed by atoms with van der Waals surface area (Å²) >= 11 is 0. The lowest BCUT2D eigenvalue weighted by Crippen LogP contribution is -2.28. The molecule has 0 saturated carbocycles. The average Bonchev–Trinajstić information content (AvgIpc) is 2.33. The van der Waals surface area contributed by atoms with E-state index in [1.54, 1.807) is 0 Å². The number of ether oxygens (including phenoxy) is 1. The molecule has 0 unspecified atom stereocenters. The van der Waals surface area contributed by atoms with Gasteiger partial charge in [-0.2, -0.15) is 13.2 Å². The molecule has 0 amide bonds. The normalized spacial score (nSPS) is 13.5. The third-order valence-electron chi connectivity index (χ3n) is 2.58. The summed E-state index contributed by atoms with van der Waals surface area (Å²) in [5.41, 5.74) is -0.501. The van der Waals surface area contributed by atoms with Gasteiger partial charge in [0, 0.05) is 6.42 Å². The molecule has 0 bridgehead atoms. The zero-order valence-corrected chi connectivity index (χ0v) is 11.3. The third kappa shape index (κ3) is 5.21. The van der Waals surface area contributed by atoms with E-state index >= 15 is 0 Å². The lowest BCUT2D eigenvalue weighted by molar-refractivity contribution is -0.150. The number of alkyl halides is 3. The van der Waals surface area contributed by atoms with Gasteiger partial charge >= 0.3 is 12.1 Å². The molecule has 0 aliphatic rings. The van der Waals surface area contributed by atoms with Crippen molar-refractivity contribution in [2.24, 2.45) is 5.92 Å². The standard InChI is InChI=1S/C14H17F3O3/c1-9(2)8-20-12(13(18)19)7-10-4-3-5-11(6-10)14(15,16)17/h3-6,9,12H,7-8H2,1-2H3,(H,18,19)/t12-/m1/s1. The highest BCUT2D eigenvalue weighted by atomic mass is 19.4. The highest BCUT2D eigenvalue weighted by Crippen LogP contribution is 2.29. The molecule has 6 heteroatoms. The van der Waals surface area contributed by atoms with Gasteiger partial charge in [0.2, 0.25) is 0 Å². The number of hydrogen-bond donors (Lipinski definition) is 1. The van der Waals surface area contributed by atoms with Gasteiger partial charge in [-0.15, -0.1) is 0 Å². The van der Waals surface area contributed by atoms with Gasteiger partial charge < -0.3 is 9.84 Å². The molecule has 1 rings (SSSR count). The second-order valence-electron chi connectivity index (χ2n) is 4.96. The van der Waals surface area contributed by atoms with Crippen LogP contribution < -0.4 is 0 Å². The Hall–Kier alpha value is -1.56. The number of carboxylic acids is 1. The summed E-state index contributed by atoms with van der Waals surface area (Å²) in [6, 6.07) is 4.63. The van der Waals surface area contributed by atoms with Crippen LogP contribution in [0.15, 0.2) is 24.3 Å². The van der Waals surface area contributed by atoms with E-state index in [0.29, 0.717) is 0 Å². The van der Waals surface area contributed by atoms with Crippen LogP contribution in [0.3, 0.4) is 0 Å². The Morgan fingerprint density at radius 1 is 1.35 bits per heavy atom. The van der Waals surface area contributed by atoms with Crippen LogP contribution in [0, 0.1) is 5.92 Å². The van der Waals surface area contributed by atoms with Gasteiger partial charge in [0.1, 0.15) is 0 Å². The second-order valence-corrected chi connectivity index (χ2v) is 4.96. The van der Waals surface area contributed by atoms with Crippen molar-refractivity contribution in [3.05, 3.63) is 35.4 Å². The fourth-order valence-corrected chi connectivity index (χ4v) is 1.61. The summed E-state index contributed by atoms with van der Waals surface area (Å²) in [7, 11) is 0. The first-order valence-corrected chi connectivity index (χ1v) is 6.20. The van der Waals surface area contributed by atoms with Crippen molar-refractivity contribution >= 4 is 5.97 Å². The van der Waals surface area contributed by atoms with Crippen LogP contribution in [-0.4, -0.2) is 23.8 Å². The van der Waals surface area contributed by atoms with Gasteiger partial charge in [0.15, 0.2) is 6.10 Å². The molecule has 0 aliphatic heterocycles. The average molecular weight is 290 g/mol. The minimum absolute atomic E-state index is 0.0913. The van der Waals surface area contributed by atoms with Crippen molar-refractivity contribution in [2.75, 3.05) is 6.61 Å². The number of carboxylic acid groups (broad SMARTS) is 1. The fourth-order valence-electron chi connectivity index (χ4n) is 1.61. The molecule has 0 radical (unpaired) electrons. The van der Waals surface area contributed by atoms with E-state index < -0.39 is 23.8 Å². The molecule has 1 atom stereocenters. The van der Waals surface area contributed by atoms with Crippen LogP contribution in [-0.2, 0) is 22.1 Å². The van der Waals surface area contributed by atoms with E-state index in [-0.39, 0.29) is 24.5 Å². The van der Waals surface area contributed by atoms with E-state index in [1.165, 1.54) is 12.1 Å². The molecule has 0 spiro atoms. The predicted molar refractivity (Wildman–Crippen MR) is 67.4 cm³/mol. The number of halogens is 3. The van der Waals surface area contributed by atoms with Crippen molar-refractivity contribution < 1.29 is 27.8 Å². The summed E-state index contributed by atoms with van der Waals surface area (Å²) in [6.45, 7) is 3.97. The molecular formula is C14H17F3O3. The quantitative estimate of drug-likeness (QED) is 0.873. The second kappa shape index (κ2) is 6.74. The Morgan fingerprint density at radius 3 is 2.50 bits per heavy atom. The predicted octanol–water partition coefficient (Wildman–Crippen LogP) is 3.37. The lowest BCUT2D eigenvalue weighted by Gasteiger charge is -2.16. The highest BCUT2D eigenvalue weighted by molar-refractivity contribution is 5.72. The van der Waals surface area contributed by atoms with Gasteiger partial charge in [-0.05, 0) is 17.5 Å². The van der Waals surface area contributed by atoms with E-state index in [0.717, 1.165) is 12.1 Å². The van der Waals surface area contributed by atoms with Gasteiger partial charge in [-0.25, -0.2) is 4.79 Å². The Kier molecular flexibility index (Phi) is 5.56. The molecule has 0 aromatic heterocycles. The zero-order valence-electron chi connectivity index (χ0n) is 11.3. The molecule has 1 aromatic carbocycles. The number of hydrogen-bond acceptors (Lipinski definition) is 2. The van der Waals surface area contributed by atoms with E-state index in [2.05, 4.69) is 0 Å². The number of rotatable bonds is 6. The van der Waals surface area contributed by atoms with Gasteiger partial charge in [-0.1, -0.05) is 32.0 Å². The van der Waals surface area contributed by atoms with Crippen molar-refractivity contribution in [2.45, 2.75) is 32.5 Å². The number of aliphatic carboxylic acids is 1. The zero-order chi connectivity index (χ0) is 15.3. The monoisotopic (exact) mass is 290 g/mol. The highest BCUT2D eigenvalue weighted by Gasteiger charge is 2.30. The topological polar surface area (TPSA) is 46.5 Å². The first kappa shape index (κ1) is 16.5. The molecule has 0 saturated heterocycles. The molecule has 20 heavy (non-hydrogen) atoms. The van der Waals surface area contributed by atoms with Gasteiger partial charge in [0.05, 0.1) is 12.2 Å². The maximum atomic E-state index is 12.6.